The Morgan fingerprint density at radius 1 is 1.48 bits per heavy atom. The Hall–Kier alpha value is -1.27. The van der Waals surface area contributed by atoms with Crippen LogP contribution in [0.4, 0.5) is 4.39 Å². The molecular weight excluding hydrogens is 313 g/mol. The first-order valence-electron chi connectivity index (χ1n) is 8.00. The van der Waals surface area contributed by atoms with Crippen molar-refractivity contribution in [1.82, 2.24) is 10.2 Å². The van der Waals surface area contributed by atoms with Crippen molar-refractivity contribution in [2.45, 2.75) is 12.2 Å². The lowest BCUT2D eigenvalue weighted by molar-refractivity contribution is 0.157. The van der Waals surface area contributed by atoms with Gasteiger partial charge in [0.05, 0.1) is 6.61 Å². The van der Waals surface area contributed by atoms with Gasteiger partial charge in [0.2, 0.25) is 0 Å². The maximum Gasteiger partial charge on any atom is 0.193 e. The third kappa shape index (κ3) is 5.70. The fraction of sp³-hybridized carbons (Fsp3) is 0.588. The predicted molar refractivity (Wildman–Crippen MR) is 95.5 cm³/mol. The number of benzene rings is 1. The molecule has 1 N–H and O–H groups in total. The Kier molecular flexibility index (Phi) is 7.68. The van der Waals surface area contributed by atoms with Crippen molar-refractivity contribution < 1.29 is 9.13 Å². The minimum absolute atomic E-state index is 0.120. The summed E-state index contributed by atoms with van der Waals surface area (Å²) in [5, 5.41) is 3.40. The molecular formula is C17H26FN3OS. The molecule has 1 heterocycles. The quantitative estimate of drug-likeness (QED) is 0.471. The van der Waals surface area contributed by atoms with E-state index in [-0.39, 0.29) is 5.82 Å². The van der Waals surface area contributed by atoms with Gasteiger partial charge >= 0.3 is 0 Å². The van der Waals surface area contributed by atoms with Crippen LogP contribution in [-0.2, 0) is 10.5 Å². The summed E-state index contributed by atoms with van der Waals surface area (Å²) in [6, 6.07) is 6.96. The Morgan fingerprint density at radius 2 is 2.30 bits per heavy atom. The third-order valence-electron chi connectivity index (χ3n) is 3.94. The van der Waals surface area contributed by atoms with Crippen molar-refractivity contribution in [3.05, 3.63) is 35.6 Å². The normalized spacial score (nSPS) is 18.5. The first-order valence-corrected chi connectivity index (χ1v) is 9.15. The highest BCUT2D eigenvalue weighted by Crippen LogP contribution is 2.17. The largest absolute Gasteiger partial charge is 0.384 e. The van der Waals surface area contributed by atoms with E-state index in [1.54, 1.807) is 24.9 Å². The van der Waals surface area contributed by atoms with Gasteiger partial charge in [-0.15, -0.1) is 0 Å². The van der Waals surface area contributed by atoms with E-state index in [2.05, 4.69) is 15.2 Å². The summed E-state index contributed by atoms with van der Waals surface area (Å²) in [5.41, 5.74) is 0.767. The van der Waals surface area contributed by atoms with Crippen molar-refractivity contribution >= 4 is 17.7 Å². The first-order chi connectivity index (χ1) is 11.2. The number of nitrogens with zero attached hydrogens (tertiary/aromatic N) is 2. The fourth-order valence-corrected chi connectivity index (χ4v) is 3.61. The van der Waals surface area contributed by atoms with Crippen LogP contribution in [0.1, 0.15) is 12.0 Å². The summed E-state index contributed by atoms with van der Waals surface area (Å²) in [6.45, 7) is 3.66. The van der Waals surface area contributed by atoms with Crippen molar-refractivity contribution in [3.8, 4) is 0 Å². The van der Waals surface area contributed by atoms with E-state index in [0.29, 0.717) is 11.7 Å². The lowest BCUT2D eigenvalue weighted by Gasteiger charge is -2.21. The number of halogens is 1. The highest BCUT2D eigenvalue weighted by atomic mass is 32.2. The zero-order chi connectivity index (χ0) is 16.5. The summed E-state index contributed by atoms with van der Waals surface area (Å²) in [6.07, 6.45) is 1.15. The molecule has 1 unspecified atom stereocenters. The van der Waals surface area contributed by atoms with Gasteiger partial charge in [0, 0.05) is 51.2 Å². The molecule has 1 aromatic carbocycles. The Balaban J connectivity index is 1.66. The van der Waals surface area contributed by atoms with E-state index in [4.69, 9.17) is 4.74 Å². The van der Waals surface area contributed by atoms with Crippen molar-refractivity contribution in [2.75, 3.05) is 46.2 Å². The standard InChI is InChI=1S/C17H26FN3OS/c1-19-17(21-9-7-14(11-21)12-22-2)20-8-10-23-13-15-5-3-4-6-16(15)18/h3-6,14H,7-13H2,1-2H3,(H,19,20). The summed E-state index contributed by atoms with van der Waals surface area (Å²) < 4.78 is 18.8. The van der Waals surface area contributed by atoms with Gasteiger partial charge in [-0.1, -0.05) is 18.2 Å². The molecule has 0 saturated carbocycles. The van der Waals surface area contributed by atoms with Gasteiger partial charge in [-0.3, -0.25) is 4.99 Å². The van der Waals surface area contributed by atoms with E-state index in [1.165, 1.54) is 6.07 Å². The molecule has 0 aliphatic carbocycles. The second-order valence-electron chi connectivity index (χ2n) is 5.67. The Morgan fingerprint density at radius 3 is 3.04 bits per heavy atom. The molecule has 1 aromatic rings. The molecule has 2 rings (SSSR count). The zero-order valence-corrected chi connectivity index (χ0v) is 14.7. The van der Waals surface area contributed by atoms with Gasteiger partial charge in [0.15, 0.2) is 5.96 Å². The van der Waals surface area contributed by atoms with Gasteiger partial charge < -0.3 is 15.0 Å². The van der Waals surface area contributed by atoms with Crippen LogP contribution >= 0.6 is 11.8 Å². The number of hydrogen-bond acceptors (Lipinski definition) is 3. The Bertz CT molecular complexity index is 512. The number of hydrogen-bond donors (Lipinski definition) is 1. The minimum Gasteiger partial charge on any atom is -0.384 e. The predicted octanol–water partition coefficient (Wildman–Crippen LogP) is 2.60. The van der Waals surface area contributed by atoms with Gasteiger partial charge in [-0.25, -0.2) is 4.39 Å². The summed E-state index contributed by atoms with van der Waals surface area (Å²) in [5.74, 6) is 3.05. The van der Waals surface area contributed by atoms with Crippen LogP contribution in [0.15, 0.2) is 29.3 Å². The fourth-order valence-electron chi connectivity index (χ4n) is 2.76. The maximum absolute atomic E-state index is 13.5. The first kappa shape index (κ1) is 18.1. The summed E-state index contributed by atoms with van der Waals surface area (Å²) >= 11 is 1.73. The van der Waals surface area contributed by atoms with E-state index >= 15 is 0 Å². The van der Waals surface area contributed by atoms with Crippen LogP contribution in [-0.4, -0.2) is 57.0 Å². The number of rotatable bonds is 7. The van der Waals surface area contributed by atoms with Crippen LogP contribution in [0.5, 0.6) is 0 Å². The van der Waals surface area contributed by atoms with Crippen LogP contribution in [0.3, 0.4) is 0 Å². The van der Waals surface area contributed by atoms with Crippen molar-refractivity contribution in [1.29, 1.82) is 0 Å². The average Bonchev–Trinajstić information content (AvgIpc) is 3.01. The molecule has 6 heteroatoms. The lowest BCUT2D eigenvalue weighted by Crippen LogP contribution is -2.41. The molecule has 4 nitrogen and oxygen atoms in total. The molecule has 128 valence electrons. The molecule has 1 saturated heterocycles. The van der Waals surface area contributed by atoms with Gasteiger partial charge in [-0.2, -0.15) is 11.8 Å². The smallest absolute Gasteiger partial charge is 0.193 e. The highest BCUT2D eigenvalue weighted by Gasteiger charge is 2.24. The molecule has 0 radical (unpaired) electrons. The monoisotopic (exact) mass is 339 g/mol. The molecule has 1 aliphatic heterocycles. The number of ether oxygens (including phenoxy) is 1. The number of nitrogens with one attached hydrogen (secondary N) is 1. The summed E-state index contributed by atoms with van der Waals surface area (Å²) in [7, 11) is 3.57. The number of likely N-dealkylation sites (tertiary alicyclic amines) is 1. The van der Waals surface area contributed by atoms with E-state index in [1.807, 2.05) is 19.2 Å². The maximum atomic E-state index is 13.5. The number of aliphatic imine (C=N–C) groups is 1. The average molecular weight is 339 g/mol. The number of thioether (sulfide) groups is 1. The molecule has 1 atom stereocenters. The highest BCUT2D eigenvalue weighted by molar-refractivity contribution is 7.98. The zero-order valence-electron chi connectivity index (χ0n) is 13.9. The molecule has 0 spiro atoms. The lowest BCUT2D eigenvalue weighted by atomic mass is 10.1. The SMILES string of the molecule is CN=C(NCCSCc1ccccc1F)N1CCC(COC)C1. The van der Waals surface area contributed by atoms with Gasteiger partial charge in [0.25, 0.3) is 0 Å². The van der Waals surface area contributed by atoms with Crippen LogP contribution in [0, 0.1) is 11.7 Å². The molecule has 0 bridgehead atoms. The molecule has 1 aliphatic rings. The number of guanidine groups is 1. The minimum atomic E-state index is -0.120. The molecule has 0 amide bonds. The van der Waals surface area contributed by atoms with E-state index < -0.39 is 0 Å². The van der Waals surface area contributed by atoms with E-state index in [9.17, 15) is 4.39 Å². The van der Waals surface area contributed by atoms with Crippen molar-refractivity contribution in [3.63, 3.8) is 0 Å². The van der Waals surface area contributed by atoms with Crippen LogP contribution in [0.25, 0.3) is 0 Å². The summed E-state index contributed by atoms with van der Waals surface area (Å²) in [4.78, 5) is 6.64. The Labute approximate surface area is 142 Å². The topological polar surface area (TPSA) is 36.9 Å². The van der Waals surface area contributed by atoms with Gasteiger partial charge in [-0.05, 0) is 18.1 Å². The van der Waals surface area contributed by atoms with Crippen LogP contribution < -0.4 is 5.32 Å². The van der Waals surface area contributed by atoms with E-state index in [0.717, 1.165) is 49.9 Å². The third-order valence-corrected chi connectivity index (χ3v) is 4.95. The van der Waals surface area contributed by atoms with Gasteiger partial charge in [0.1, 0.15) is 5.82 Å². The molecule has 1 fully saturated rings. The number of methoxy groups -OCH3 is 1. The second-order valence-corrected chi connectivity index (χ2v) is 6.78. The second kappa shape index (κ2) is 9.78. The van der Waals surface area contributed by atoms with Crippen molar-refractivity contribution in [2.24, 2.45) is 10.9 Å². The van der Waals surface area contributed by atoms with Crippen LogP contribution in [0.2, 0.25) is 0 Å². The molecule has 0 aromatic heterocycles. The molecule has 23 heavy (non-hydrogen) atoms.